The molecule has 0 aliphatic heterocycles. The van der Waals surface area contributed by atoms with Crippen LogP contribution in [0.2, 0.25) is 0 Å². The molecular weight excluding hydrogens is 236 g/mol. The van der Waals surface area contributed by atoms with E-state index < -0.39 is 36.4 Å². The summed E-state index contributed by atoms with van der Waals surface area (Å²) in [4.78, 5) is 22.1. The van der Waals surface area contributed by atoms with Gasteiger partial charge in [-0.1, -0.05) is 0 Å². The smallest absolute Gasteiger partial charge is 0.328 e. The van der Waals surface area contributed by atoms with Crippen molar-refractivity contribution in [2.75, 3.05) is 6.61 Å². The molecule has 0 aromatic heterocycles. The molecule has 1 atom stereocenters. The van der Waals surface area contributed by atoms with Gasteiger partial charge < -0.3 is 15.5 Å². The molecule has 1 saturated carbocycles. The van der Waals surface area contributed by atoms with Crippen LogP contribution < -0.4 is 5.32 Å². The molecule has 1 fully saturated rings. The largest absolute Gasteiger partial charge is 0.480 e. The van der Waals surface area contributed by atoms with Crippen molar-refractivity contribution in [2.24, 2.45) is 5.92 Å². The van der Waals surface area contributed by atoms with Gasteiger partial charge in [0, 0.05) is 18.8 Å². The van der Waals surface area contributed by atoms with Crippen LogP contribution in [0.5, 0.6) is 0 Å². The van der Waals surface area contributed by atoms with E-state index in [4.69, 9.17) is 10.2 Å². The van der Waals surface area contributed by atoms with Crippen LogP contribution in [0.1, 0.15) is 25.7 Å². The Hall–Kier alpha value is -1.24. The van der Waals surface area contributed by atoms with Crippen LogP contribution in [0.3, 0.4) is 0 Å². The van der Waals surface area contributed by atoms with Gasteiger partial charge in [-0.15, -0.1) is 0 Å². The molecule has 1 rings (SSSR count). The van der Waals surface area contributed by atoms with Gasteiger partial charge in [0.2, 0.25) is 11.8 Å². The maximum Gasteiger partial charge on any atom is 0.328 e. The minimum Gasteiger partial charge on any atom is -0.480 e. The number of carboxylic acid groups (broad SMARTS) is 1. The Kier molecular flexibility index (Phi) is 4.39. The molecule has 0 spiro atoms. The Morgan fingerprint density at radius 3 is 2.29 bits per heavy atom. The Balaban J connectivity index is 2.46. The zero-order valence-electron chi connectivity index (χ0n) is 9.16. The predicted molar refractivity (Wildman–Crippen MR) is 53.6 cm³/mol. The Morgan fingerprint density at radius 1 is 1.35 bits per heavy atom. The number of aliphatic carboxylic acids is 1. The first-order chi connectivity index (χ1) is 7.85. The quantitative estimate of drug-likeness (QED) is 0.674. The summed E-state index contributed by atoms with van der Waals surface area (Å²) in [5, 5.41) is 19.4. The third-order valence-electron chi connectivity index (χ3n) is 2.89. The number of carboxylic acids is 1. The highest BCUT2D eigenvalue weighted by Gasteiger charge is 2.38. The average molecular weight is 251 g/mol. The van der Waals surface area contributed by atoms with Gasteiger partial charge in [-0.2, -0.15) is 0 Å². The maximum atomic E-state index is 12.8. The summed E-state index contributed by atoms with van der Waals surface area (Å²) in [6, 6.07) is -1.37. The van der Waals surface area contributed by atoms with Crippen LogP contribution in [0.25, 0.3) is 0 Å². The molecule has 0 unspecified atom stereocenters. The van der Waals surface area contributed by atoms with Crippen molar-refractivity contribution in [3.8, 4) is 0 Å². The zero-order chi connectivity index (χ0) is 13.1. The van der Waals surface area contributed by atoms with Crippen molar-refractivity contribution in [1.82, 2.24) is 5.32 Å². The summed E-state index contributed by atoms with van der Waals surface area (Å²) in [6.45, 7) is -0.718. The highest BCUT2D eigenvalue weighted by molar-refractivity contribution is 5.85. The number of amides is 1. The van der Waals surface area contributed by atoms with Gasteiger partial charge in [0.15, 0.2) is 0 Å². The third-order valence-corrected chi connectivity index (χ3v) is 2.89. The summed E-state index contributed by atoms with van der Waals surface area (Å²) >= 11 is 0. The molecule has 1 aliphatic rings. The van der Waals surface area contributed by atoms with Crippen molar-refractivity contribution in [1.29, 1.82) is 0 Å². The summed E-state index contributed by atoms with van der Waals surface area (Å²) in [7, 11) is 0. The van der Waals surface area contributed by atoms with Crippen LogP contribution in [0.4, 0.5) is 8.78 Å². The van der Waals surface area contributed by atoms with E-state index >= 15 is 0 Å². The number of carbonyl (C=O) groups excluding carboxylic acids is 1. The van der Waals surface area contributed by atoms with Gasteiger partial charge in [-0.05, 0) is 12.8 Å². The van der Waals surface area contributed by atoms with Gasteiger partial charge in [0.25, 0.3) is 0 Å². The number of aliphatic hydroxyl groups excluding tert-OH is 1. The van der Waals surface area contributed by atoms with Gasteiger partial charge in [-0.3, -0.25) is 4.79 Å². The van der Waals surface area contributed by atoms with Gasteiger partial charge in [0.05, 0.1) is 6.61 Å². The normalized spacial score (nSPS) is 21.8. The van der Waals surface area contributed by atoms with E-state index in [1.807, 2.05) is 0 Å². The minimum atomic E-state index is -2.72. The molecule has 5 nitrogen and oxygen atoms in total. The van der Waals surface area contributed by atoms with Crippen LogP contribution in [0.15, 0.2) is 0 Å². The number of hydrogen-bond donors (Lipinski definition) is 3. The van der Waals surface area contributed by atoms with Crippen molar-refractivity contribution in [2.45, 2.75) is 37.6 Å². The molecule has 7 heteroatoms. The maximum absolute atomic E-state index is 12.8. The predicted octanol–water partition coefficient (Wildman–Crippen LogP) is 0.374. The first-order valence-electron chi connectivity index (χ1n) is 5.37. The fourth-order valence-electron chi connectivity index (χ4n) is 1.78. The lowest BCUT2D eigenvalue weighted by atomic mass is 9.86. The standard InChI is InChI=1S/C10H15F2NO4/c11-10(12)3-1-6(2-4-10)8(15)13-7(5-14)9(16)17/h6-7,14H,1-5H2,(H,13,15)(H,16,17)/t7-/m0/s1. The number of rotatable bonds is 4. The topological polar surface area (TPSA) is 86.6 Å². The molecule has 0 aromatic rings. The van der Waals surface area contributed by atoms with Crippen LogP contribution in [0, 0.1) is 5.92 Å². The summed E-state index contributed by atoms with van der Waals surface area (Å²) < 4.78 is 25.7. The van der Waals surface area contributed by atoms with Crippen molar-refractivity contribution in [3.63, 3.8) is 0 Å². The molecule has 1 aliphatic carbocycles. The van der Waals surface area contributed by atoms with Gasteiger partial charge >= 0.3 is 5.97 Å². The lowest BCUT2D eigenvalue weighted by molar-refractivity contribution is -0.144. The number of hydrogen-bond acceptors (Lipinski definition) is 3. The van der Waals surface area contributed by atoms with Gasteiger partial charge in [0.1, 0.15) is 6.04 Å². The molecule has 98 valence electrons. The number of carbonyl (C=O) groups is 2. The molecule has 0 heterocycles. The minimum absolute atomic E-state index is 0.0383. The van der Waals surface area contributed by atoms with Crippen molar-refractivity contribution < 1.29 is 28.6 Å². The van der Waals surface area contributed by atoms with Crippen molar-refractivity contribution >= 4 is 11.9 Å². The number of aliphatic hydroxyl groups is 1. The lowest BCUT2D eigenvalue weighted by Gasteiger charge is -2.28. The van der Waals surface area contributed by atoms with Gasteiger partial charge in [-0.25, -0.2) is 13.6 Å². The number of alkyl halides is 2. The molecule has 3 N–H and O–H groups in total. The second-order valence-corrected chi connectivity index (χ2v) is 4.21. The average Bonchev–Trinajstić information content (AvgIpc) is 2.25. The number of halogens is 2. The van der Waals surface area contributed by atoms with E-state index in [2.05, 4.69) is 5.32 Å². The second kappa shape index (κ2) is 5.39. The third kappa shape index (κ3) is 3.92. The Labute approximate surface area is 96.8 Å². The van der Waals surface area contributed by atoms with E-state index in [9.17, 15) is 18.4 Å². The van der Waals surface area contributed by atoms with Crippen LogP contribution in [-0.4, -0.2) is 40.7 Å². The number of nitrogens with one attached hydrogen (secondary N) is 1. The zero-order valence-corrected chi connectivity index (χ0v) is 9.16. The second-order valence-electron chi connectivity index (χ2n) is 4.21. The molecule has 1 amide bonds. The lowest BCUT2D eigenvalue weighted by Crippen LogP contribution is -2.46. The van der Waals surface area contributed by atoms with Crippen LogP contribution in [-0.2, 0) is 9.59 Å². The van der Waals surface area contributed by atoms with Crippen LogP contribution >= 0.6 is 0 Å². The molecule has 0 radical (unpaired) electrons. The van der Waals surface area contributed by atoms with Crippen molar-refractivity contribution in [3.05, 3.63) is 0 Å². The SMILES string of the molecule is O=C(N[C@@H](CO)C(=O)O)C1CCC(F)(F)CC1. The Bertz CT molecular complexity index is 299. The Morgan fingerprint density at radius 2 is 1.88 bits per heavy atom. The van der Waals surface area contributed by atoms with E-state index in [0.29, 0.717) is 0 Å². The molecular formula is C10H15F2NO4. The van der Waals surface area contributed by atoms with E-state index in [1.165, 1.54) is 0 Å². The fraction of sp³-hybridized carbons (Fsp3) is 0.800. The molecule has 0 aromatic carbocycles. The van der Waals surface area contributed by atoms with E-state index in [1.54, 1.807) is 0 Å². The highest BCUT2D eigenvalue weighted by Crippen LogP contribution is 2.36. The first kappa shape index (κ1) is 13.8. The first-order valence-corrected chi connectivity index (χ1v) is 5.37. The van der Waals surface area contributed by atoms with E-state index in [0.717, 1.165) is 0 Å². The summed E-state index contributed by atoms with van der Waals surface area (Å²) in [5.41, 5.74) is 0. The highest BCUT2D eigenvalue weighted by atomic mass is 19.3. The summed E-state index contributed by atoms with van der Waals surface area (Å²) in [5.74, 6) is -5.24. The monoisotopic (exact) mass is 251 g/mol. The molecule has 17 heavy (non-hydrogen) atoms. The fourth-order valence-corrected chi connectivity index (χ4v) is 1.78. The molecule has 0 bridgehead atoms. The summed E-state index contributed by atoms with van der Waals surface area (Å²) in [6.07, 6.45) is -0.642. The molecule has 0 saturated heterocycles. The van der Waals surface area contributed by atoms with E-state index in [-0.39, 0.29) is 25.7 Å².